The minimum absolute atomic E-state index is 0.0897. The molecule has 1 saturated heterocycles. The molecule has 46 heavy (non-hydrogen) atoms. The summed E-state index contributed by atoms with van der Waals surface area (Å²) in [4.78, 5) is 50.7. The standard InChI is InChI=1S/C32H36BrN5O8/c1-15-20(29(39)45-6)21-18-12-17(33)14-38-25(18)22(27(24(21)34-15)46-31(41)37-9-7-36(2)8-10-37)32(30(38)40)13-16-11-19(42-3)26(43-4)28(44-5)23(16)35-32/h11,17,34-35H,7-10,12-14H2,1-6H3/t17-,32?/m0/s1. The smallest absolute Gasteiger partial charge is 0.415 e. The Hall–Kier alpha value is -4.17. The van der Waals surface area contributed by atoms with Gasteiger partial charge in [0.05, 0.1) is 56.5 Å². The third kappa shape index (κ3) is 4.18. The zero-order chi connectivity index (χ0) is 32.7. The van der Waals surface area contributed by atoms with Gasteiger partial charge >= 0.3 is 12.1 Å². The van der Waals surface area contributed by atoms with Gasteiger partial charge in [0.15, 0.2) is 22.8 Å². The van der Waals surface area contributed by atoms with Crippen molar-refractivity contribution in [1.82, 2.24) is 14.8 Å². The molecule has 0 saturated carbocycles. The molecule has 2 aromatic carbocycles. The molecule has 2 N–H and O–H groups in total. The van der Waals surface area contributed by atoms with Crippen molar-refractivity contribution in [1.29, 1.82) is 0 Å². The fourth-order valence-electron chi connectivity index (χ4n) is 7.50. The summed E-state index contributed by atoms with van der Waals surface area (Å²) in [7, 11) is 7.95. The maximum Gasteiger partial charge on any atom is 0.415 e. The average Bonchev–Trinajstić information content (AvgIpc) is 3.68. The number of ether oxygens (including phenoxy) is 5. The van der Waals surface area contributed by atoms with Crippen LogP contribution >= 0.6 is 15.9 Å². The van der Waals surface area contributed by atoms with Crippen LogP contribution in [0.4, 0.5) is 16.2 Å². The summed E-state index contributed by atoms with van der Waals surface area (Å²) in [5.41, 5.74) is 3.37. The minimum atomic E-state index is -1.36. The highest BCUT2D eigenvalue weighted by Crippen LogP contribution is 2.61. The van der Waals surface area contributed by atoms with Crippen LogP contribution in [0.3, 0.4) is 0 Å². The number of hydrogen-bond acceptors (Lipinski definition) is 10. The van der Waals surface area contributed by atoms with Gasteiger partial charge in [-0.15, -0.1) is 0 Å². The molecule has 0 aliphatic carbocycles. The predicted molar refractivity (Wildman–Crippen MR) is 173 cm³/mol. The molecule has 13 nitrogen and oxygen atoms in total. The second-order valence-corrected chi connectivity index (χ2v) is 13.5. The van der Waals surface area contributed by atoms with E-state index in [2.05, 4.69) is 31.1 Å². The van der Waals surface area contributed by atoms with Gasteiger partial charge in [-0.1, -0.05) is 15.9 Å². The summed E-state index contributed by atoms with van der Waals surface area (Å²) >= 11 is 3.77. The third-order valence-electron chi connectivity index (χ3n) is 9.63. The molecule has 5 heterocycles. The van der Waals surface area contributed by atoms with Crippen molar-refractivity contribution in [3.63, 3.8) is 0 Å². The normalized spacial score (nSPS) is 21.7. The Bertz CT molecular complexity index is 1820. The molecule has 3 aromatic rings. The van der Waals surface area contributed by atoms with Crippen LogP contribution in [0.25, 0.3) is 10.9 Å². The number of esters is 1. The molecule has 4 aliphatic rings. The number of likely N-dealkylation sites (N-methyl/N-ethyl adjacent to an activating group) is 1. The van der Waals surface area contributed by atoms with Crippen LogP contribution in [-0.2, 0) is 27.9 Å². The molecule has 1 fully saturated rings. The van der Waals surface area contributed by atoms with Crippen LogP contribution in [0.2, 0.25) is 0 Å². The number of H-pyrrole nitrogens is 1. The molecule has 14 heteroatoms. The first-order valence-corrected chi connectivity index (χ1v) is 16.0. The topological polar surface area (TPSA) is 135 Å². The number of methoxy groups -OCH3 is 4. The minimum Gasteiger partial charge on any atom is -0.493 e. The van der Waals surface area contributed by atoms with E-state index < -0.39 is 17.6 Å². The fraction of sp³-hybridized carbons (Fsp3) is 0.469. The zero-order valence-corrected chi connectivity index (χ0v) is 28.2. The second kappa shape index (κ2) is 11.0. The van der Waals surface area contributed by atoms with Crippen molar-refractivity contribution < 1.29 is 38.1 Å². The zero-order valence-electron chi connectivity index (χ0n) is 26.6. The quantitative estimate of drug-likeness (QED) is 0.301. The van der Waals surface area contributed by atoms with E-state index in [0.29, 0.717) is 95.5 Å². The summed E-state index contributed by atoms with van der Waals surface area (Å²) in [6.07, 6.45) is 0.232. The number of carbonyl (C=O) groups is 3. The van der Waals surface area contributed by atoms with E-state index in [4.69, 9.17) is 23.7 Å². The lowest BCUT2D eigenvalue weighted by molar-refractivity contribution is -0.122. The van der Waals surface area contributed by atoms with Gasteiger partial charge in [0, 0.05) is 55.1 Å². The number of amides is 2. The number of aromatic amines is 1. The molecular formula is C32H36BrN5O8. The Balaban J connectivity index is 1.51. The van der Waals surface area contributed by atoms with E-state index in [1.54, 1.807) is 23.8 Å². The van der Waals surface area contributed by atoms with Crippen molar-refractivity contribution >= 4 is 56.2 Å². The van der Waals surface area contributed by atoms with Gasteiger partial charge in [-0.3, -0.25) is 4.79 Å². The number of aromatic nitrogens is 1. The number of benzene rings is 2. The molecule has 2 atom stereocenters. The first-order valence-electron chi connectivity index (χ1n) is 15.1. The summed E-state index contributed by atoms with van der Waals surface area (Å²) in [6, 6.07) is 1.84. The van der Waals surface area contributed by atoms with Crippen LogP contribution < -0.4 is 29.2 Å². The number of hydrogen-bond donors (Lipinski definition) is 2. The first kappa shape index (κ1) is 30.5. The molecule has 1 spiro atoms. The number of alkyl halides is 1. The molecule has 0 bridgehead atoms. The van der Waals surface area contributed by atoms with E-state index in [9.17, 15) is 14.4 Å². The monoisotopic (exact) mass is 697 g/mol. The highest BCUT2D eigenvalue weighted by Gasteiger charge is 2.60. The number of nitrogens with one attached hydrogen (secondary N) is 2. The van der Waals surface area contributed by atoms with Crippen molar-refractivity contribution in [2.24, 2.45) is 0 Å². The lowest BCUT2D eigenvalue weighted by atomic mass is 9.84. The number of anilines is 2. The maximum absolute atomic E-state index is 14.8. The largest absolute Gasteiger partial charge is 0.493 e. The number of aryl methyl sites for hydroxylation is 1. The molecule has 2 amide bonds. The summed E-state index contributed by atoms with van der Waals surface area (Å²) in [6.45, 7) is 4.58. The maximum atomic E-state index is 14.8. The lowest BCUT2D eigenvalue weighted by Crippen LogP contribution is -2.48. The van der Waals surface area contributed by atoms with E-state index in [1.807, 2.05) is 13.1 Å². The van der Waals surface area contributed by atoms with Gasteiger partial charge in [0.25, 0.3) is 5.91 Å². The molecule has 0 radical (unpaired) electrons. The van der Waals surface area contributed by atoms with Crippen LogP contribution in [0, 0.1) is 6.92 Å². The number of nitrogens with zero attached hydrogens (tertiary/aromatic N) is 3. The number of piperazine rings is 1. The molecule has 7 rings (SSSR count). The lowest BCUT2D eigenvalue weighted by Gasteiger charge is -2.32. The van der Waals surface area contributed by atoms with E-state index in [0.717, 1.165) is 11.1 Å². The van der Waals surface area contributed by atoms with Crippen molar-refractivity contribution in [2.45, 2.75) is 30.1 Å². The van der Waals surface area contributed by atoms with Crippen molar-refractivity contribution in [3.05, 3.63) is 34.0 Å². The van der Waals surface area contributed by atoms with Gasteiger partial charge in [0.1, 0.15) is 0 Å². The van der Waals surface area contributed by atoms with Gasteiger partial charge in [-0.05, 0) is 37.6 Å². The molecule has 4 aliphatic heterocycles. The van der Waals surface area contributed by atoms with Crippen LogP contribution in [-0.4, -0.2) is 106 Å². The highest BCUT2D eigenvalue weighted by molar-refractivity contribution is 9.09. The first-order chi connectivity index (χ1) is 22.1. The van der Waals surface area contributed by atoms with E-state index in [1.165, 1.54) is 21.3 Å². The Labute approximate surface area is 274 Å². The van der Waals surface area contributed by atoms with Crippen molar-refractivity contribution in [3.8, 4) is 23.0 Å². The van der Waals surface area contributed by atoms with Gasteiger partial charge in [-0.25, -0.2) is 9.59 Å². The van der Waals surface area contributed by atoms with Crippen LogP contribution in [0.15, 0.2) is 6.07 Å². The number of rotatable bonds is 5. The van der Waals surface area contributed by atoms with Crippen molar-refractivity contribution in [2.75, 3.05) is 78.4 Å². The number of fused-ring (bicyclic) bond motifs is 4. The summed E-state index contributed by atoms with van der Waals surface area (Å²) < 4.78 is 28.7. The number of halogens is 1. The molecular weight excluding hydrogens is 662 g/mol. The van der Waals surface area contributed by atoms with Gasteiger partial charge in [-0.2, -0.15) is 0 Å². The van der Waals surface area contributed by atoms with Crippen LogP contribution in [0.5, 0.6) is 23.0 Å². The predicted octanol–water partition coefficient (Wildman–Crippen LogP) is 3.56. The number of carbonyl (C=O) groups excluding carboxylic acids is 3. The molecule has 1 unspecified atom stereocenters. The highest BCUT2D eigenvalue weighted by atomic mass is 79.9. The van der Waals surface area contributed by atoms with E-state index >= 15 is 0 Å². The Kier molecular flexibility index (Phi) is 7.27. The van der Waals surface area contributed by atoms with Gasteiger partial charge in [0.2, 0.25) is 5.75 Å². The van der Waals surface area contributed by atoms with Gasteiger partial charge < -0.3 is 48.7 Å². The Morgan fingerprint density at radius 3 is 2.39 bits per heavy atom. The third-order valence-corrected chi connectivity index (χ3v) is 10.2. The Morgan fingerprint density at radius 1 is 1.02 bits per heavy atom. The summed E-state index contributed by atoms with van der Waals surface area (Å²) in [5.74, 6) is 0.735. The van der Waals surface area contributed by atoms with Crippen LogP contribution in [0.1, 0.15) is 32.7 Å². The second-order valence-electron chi connectivity index (χ2n) is 12.2. The molecule has 244 valence electrons. The average molecular weight is 699 g/mol. The van der Waals surface area contributed by atoms with E-state index in [-0.39, 0.29) is 22.9 Å². The SMILES string of the molecule is COC(=O)c1c(C)[nH]c2c(OC(=O)N3CCN(C)CC3)c3c4c(c12)C[C@H](Br)CN4C(=O)C31Cc2cc(OC)c(OC)c(OC)c2N1. The fourth-order valence-corrected chi connectivity index (χ4v) is 8.11. The molecule has 1 aromatic heterocycles. The Morgan fingerprint density at radius 2 is 1.74 bits per heavy atom. The summed E-state index contributed by atoms with van der Waals surface area (Å²) in [5, 5.41) is 4.11.